The lowest BCUT2D eigenvalue weighted by molar-refractivity contribution is -0.120. The summed E-state index contributed by atoms with van der Waals surface area (Å²) in [5.74, 6) is -0.0849. The first-order valence-corrected chi connectivity index (χ1v) is 10.5. The van der Waals surface area contributed by atoms with Gasteiger partial charge in [-0.15, -0.1) is 0 Å². The molecule has 3 N–H and O–H groups in total. The number of hydrogen-bond donors (Lipinski definition) is 2. The zero-order valence-corrected chi connectivity index (χ0v) is 17.9. The van der Waals surface area contributed by atoms with E-state index < -0.39 is 5.91 Å². The Labute approximate surface area is 183 Å². The van der Waals surface area contributed by atoms with Crippen molar-refractivity contribution >= 4 is 23.6 Å². The van der Waals surface area contributed by atoms with Gasteiger partial charge in [-0.1, -0.05) is 30.3 Å². The van der Waals surface area contributed by atoms with Crippen LogP contribution in [0.15, 0.2) is 60.7 Å². The van der Waals surface area contributed by atoms with Gasteiger partial charge in [0.1, 0.15) is 5.75 Å². The van der Waals surface area contributed by atoms with Crippen molar-refractivity contribution in [3.8, 4) is 5.75 Å². The van der Waals surface area contributed by atoms with Crippen LogP contribution in [0.3, 0.4) is 0 Å². The highest BCUT2D eigenvalue weighted by molar-refractivity contribution is 5.91. The number of nitrogens with zero attached hydrogens (tertiary/aromatic N) is 2. The number of rotatable bonds is 9. The molecular weight excluding hydrogens is 392 g/mol. The number of carbonyl (C=O) groups is 2. The van der Waals surface area contributed by atoms with Crippen LogP contribution >= 0.6 is 0 Å². The molecule has 1 aliphatic heterocycles. The van der Waals surface area contributed by atoms with Gasteiger partial charge in [-0.2, -0.15) is 0 Å². The Bertz CT molecular complexity index is 875. The van der Waals surface area contributed by atoms with Gasteiger partial charge in [-0.3, -0.25) is 14.5 Å². The molecule has 0 aromatic heterocycles. The highest BCUT2D eigenvalue weighted by Crippen LogP contribution is 2.16. The van der Waals surface area contributed by atoms with Gasteiger partial charge in [0.25, 0.3) is 5.91 Å². The molecule has 0 saturated carbocycles. The number of primary amides is 1. The zero-order valence-electron chi connectivity index (χ0n) is 17.9. The molecule has 3 rings (SSSR count). The summed E-state index contributed by atoms with van der Waals surface area (Å²) in [6, 6.07) is 17.8. The average molecular weight is 423 g/mol. The summed E-state index contributed by atoms with van der Waals surface area (Å²) < 4.78 is 5.22. The van der Waals surface area contributed by atoms with E-state index in [-0.39, 0.29) is 18.6 Å². The van der Waals surface area contributed by atoms with Crippen molar-refractivity contribution in [2.24, 2.45) is 5.73 Å². The van der Waals surface area contributed by atoms with Crippen LogP contribution in [0.2, 0.25) is 0 Å². The third-order valence-corrected chi connectivity index (χ3v) is 5.32. The number of anilines is 1. The number of benzene rings is 2. The van der Waals surface area contributed by atoms with Crippen LogP contribution in [0.1, 0.15) is 12.5 Å². The lowest BCUT2D eigenvalue weighted by Gasteiger charge is -2.39. The van der Waals surface area contributed by atoms with Crippen molar-refractivity contribution < 1.29 is 14.3 Å². The second-order valence-electron chi connectivity index (χ2n) is 7.61. The van der Waals surface area contributed by atoms with Gasteiger partial charge < -0.3 is 20.7 Å². The molecule has 1 heterocycles. The topological polar surface area (TPSA) is 87.9 Å². The Kier molecular flexibility index (Phi) is 8.06. The SMILES string of the molecule is CC(CNC(=O)/C=C/c1ccc(OCC(N)=O)cc1)N1CCN(c2ccccc2)CC1. The van der Waals surface area contributed by atoms with Crippen molar-refractivity contribution in [1.29, 1.82) is 0 Å². The quantitative estimate of drug-likeness (QED) is 0.603. The summed E-state index contributed by atoms with van der Waals surface area (Å²) in [7, 11) is 0. The molecule has 1 unspecified atom stereocenters. The lowest BCUT2D eigenvalue weighted by atomic mass is 10.2. The molecule has 7 heteroatoms. The van der Waals surface area contributed by atoms with Crippen LogP contribution in [0.4, 0.5) is 5.69 Å². The van der Waals surface area contributed by atoms with Gasteiger partial charge in [0.2, 0.25) is 5.91 Å². The standard InChI is InChI=1S/C24H30N4O3/c1-19(27-13-15-28(16-14-27)21-5-3-2-4-6-21)17-26-24(30)12-9-20-7-10-22(11-8-20)31-18-23(25)29/h2-12,19H,13-18H2,1H3,(H2,25,29)(H,26,30)/b12-9+. The van der Waals surface area contributed by atoms with Gasteiger partial charge in [0.15, 0.2) is 6.61 Å². The first kappa shape index (κ1) is 22.4. The molecule has 1 atom stereocenters. The minimum absolute atomic E-state index is 0.121. The molecule has 0 aliphatic carbocycles. The first-order chi connectivity index (χ1) is 15.0. The number of amides is 2. The molecule has 164 valence electrons. The van der Waals surface area contributed by atoms with Crippen molar-refractivity contribution in [2.75, 3.05) is 44.2 Å². The maximum absolute atomic E-state index is 12.2. The smallest absolute Gasteiger partial charge is 0.255 e. The fourth-order valence-corrected chi connectivity index (χ4v) is 3.50. The molecule has 2 aromatic carbocycles. The van der Waals surface area contributed by atoms with Crippen molar-refractivity contribution in [1.82, 2.24) is 10.2 Å². The number of para-hydroxylation sites is 1. The van der Waals surface area contributed by atoms with E-state index >= 15 is 0 Å². The minimum Gasteiger partial charge on any atom is -0.484 e. The second-order valence-corrected chi connectivity index (χ2v) is 7.61. The Morgan fingerprint density at radius 2 is 1.74 bits per heavy atom. The normalized spacial score (nSPS) is 15.6. The maximum atomic E-state index is 12.2. The van der Waals surface area contributed by atoms with Crippen LogP contribution in [0.5, 0.6) is 5.75 Å². The van der Waals surface area contributed by atoms with Crippen LogP contribution in [-0.4, -0.2) is 62.1 Å². The van der Waals surface area contributed by atoms with Crippen molar-refractivity contribution in [3.05, 3.63) is 66.2 Å². The summed E-state index contributed by atoms with van der Waals surface area (Å²) in [4.78, 5) is 27.7. The third kappa shape index (κ3) is 7.15. The second kappa shape index (κ2) is 11.2. The van der Waals surface area contributed by atoms with Crippen molar-refractivity contribution in [3.63, 3.8) is 0 Å². The van der Waals surface area contributed by atoms with E-state index in [0.29, 0.717) is 12.3 Å². The number of ether oxygens (including phenoxy) is 1. The minimum atomic E-state index is -0.520. The van der Waals surface area contributed by atoms with E-state index in [1.165, 1.54) is 11.8 Å². The number of nitrogens with two attached hydrogens (primary N) is 1. The third-order valence-electron chi connectivity index (χ3n) is 5.32. The summed E-state index contributed by atoms with van der Waals surface area (Å²) in [5.41, 5.74) is 7.19. The number of piperazine rings is 1. The molecule has 2 amide bonds. The lowest BCUT2D eigenvalue weighted by Crippen LogP contribution is -2.52. The Balaban J connectivity index is 1.38. The van der Waals surface area contributed by atoms with E-state index in [1.807, 2.05) is 18.2 Å². The molecule has 0 radical (unpaired) electrons. The largest absolute Gasteiger partial charge is 0.484 e. The number of carbonyl (C=O) groups excluding carboxylic acids is 2. The zero-order chi connectivity index (χ0) is 22.1. The van der Waals surface area contributed by atoms with Gasteiger partial charge in [-0.05, 0) is 42.8 Å². The van der Waals surface area contributed by atoms with E-state index in [4.69, 9.17) is 10.5 Å². The molecule has 7 nitrogen and oxygen atoms in total. The molecule has 1 aliphatic rings. The van der Waals surface area contributed by atoms with E-state index in [0.717, 1.165) is 31.7 Å². The van der Waals surface area contributed by atoms with E-state index in [1.54, 1.807) is 18.2 Å². The highest BCUT2D eigenvalue weighted by Gasteiger charge is 2.21. The predicted molar refractivity (Wildman–Crippen MR) is 123 cm³/mol. The van der Waals surface area contributed by atoms with Crippen LogP contribution < -0.4 is 20.7 Å². The summed E-state index contributed by atoms with van der Waals surface area (Å²) in [6.45, 7) is 6.53. The van der Waals surface area contributed by atoms with Crippen LogP contribution in [-0.2, 0) is 9.59 Å². The number of hydrogen-bond acceptors (Lipinski definition) is 5. The molecule has 1 saturated heterocycles. The monoisotopic (exact) mass is 422 g/mol. The van der Waals surface area contributed by atoms with E-state index in [9.17, 15) is 9.59 Å². The fourth-order valence-electron chi connectivity index (χ4n) is 3.50. The van der Waals surface area contributed by atoms with Gasteiger partial charge in [-0.25, -0.2) is 0 Å². The number of nitrogens with one attached hydrogen (secondary N) is 1. The van der Waals surface area contributed by atoms with Crippen LogP contribution in [0, 0.1) is 0 Å². The van der Waals surface area contributed by atoms with Crippen molar-refractivity contribution in [2.45, 2.75) is 13.0 Å². The van der Waals surface area contributed by atoms with E-state index in [2.05, 4.69) is 46.3 Å². The first-order valence-electron chi connectivity index (χ1n) is 10.5. The average Bonchev–Trinajstić information content (AvgIpc) is 2.81. The summed E-state index contributed by atoms with van der Waals surface area (Å²) >= 11 is 0. The Hall–Kier alpha value is -3.32. The van der Waals surface area contributed by atoms with Crippen LogP contribution in [0.25, 0.3) is 6.08 Å². The summed E-state index contributed by atoms with van der Waals surface area (Å²) in [6.07, 6.45) is 3.27. The fraction of sp³-hybridized carbons (Fsp3) is 0.333. The van der Waals surface area contributed by atoms with Gasteiger partial charge in [0, 0.05) is 50.5 Å². The van der Waals surface area contributed by atoms with Gasteiger partial charge in [0.05, 0.1) is 0 Å². The molecule has 2 aromatic rings. The van der Waals surface area contributed by atoms with Gasteiger partial charge >= 0.3 is 0 Å². The molecular formula is C24H30N4O3. The molecule has 31 heavy (non-hydrogen) atoms. The predicted octanol–water partition coefficient (Wildman–Crippen LogP) is 1.89. The Morgan fingerprint density at radius 1 is 1.06 bits per heavy atom. The molecule has 0 bridgehead atoms. The highest BCUT2D eigenvalue weighted by atomic mass is 16.5. The molecule has 1 fully saturated rings. The Morgan fingerprint density at radius 3 is 2.39 bits per heavy atom. The summed E-state index contributed by atoms with van der Waals surface area (Å²) in [5, 5.41) is 2.98. The molecule has 0 spiro atoms. The maximum Gasteiger partial charge on any atom is 0.255 e.